The van der Waals surface area contributed by atoms with Crippen LogP contribution in [0.1, 0.15) is 24.1 Å². The predicted molar refractivity (Wildman–Crippen MR) is 104 cm³/mol. The molecule has 0 bridgehead atoms. The number of carbonyl (C=O) groups is 1. The Morgan fingerprint density at radius 1 is 1.26 bits per heavy atom. The highest BCUT2D eigenvalue weighted by molar-refractivity contribution is 7.89. The van der Waals surface area contributed by atoms with Crippen molar-refractivity contribution in [3.63, 3.8) is 0 Å². The molecule has 27 heavy (non-hydrogen) atoms. The van der Waals surface area contributed by atoms with E-state index in [0.29, 0.717) is 37.5 Å². The minimum atomic E-state index is -3.60. The predicted octanol–water partition coefficient (Wildman–Crippen LogP) is 2.76. The van der Waals surface area contributed by atoms with Gasteiger partial charge < -0.3 is 5.32 Å². The first-order chi connectivity index (χ1) is 12.9. The molecule has 0 spiro atoms. The van der Waals surface area contributed by atoms with Crippen molar-refractivity contribution >= 4 is 27.5 Å². The summed E-state index contributed by atoms with van der Waals surface area (Å²) in [6.07, 6.45) is 2.67. The molecular weight excluding hydrogens is 386 g/mol. The number of amides is 1. The van der Waals surface area contributed by atoms with Crippen LogP contribution >= 0.6 is 11.6 Å². The first kappa shape index (κ1) is 19.8. The fraction of sp³-hybridized carbons (Fsp3) is 0.368. The third-order valence-corrected chi connectivity index (χ3v) is 7.08. The maximum absolute atomic E-state index is 12.8. The van der Waals surface area contributed by atoms with E-state index in [1.807, 2.05) is 25.1 Å². The van der Waals surface area contributed by atoms with Gasteiger partial charge in [0.1, 0.15) is 0 Å². The highest BCUT2D eigenvalue weighted by Gasteiger charge is 2.32. The average Bonchev–Trinajstić information content (AvgIpc) is 2.69. The van der Waals surface area contributed by atoms with E-state index in [2.05, 4.69) is 10.3 Å². The fourth-order valence-corrected chi connectivity index (χ4v) is 4.81. The Labute approximate surface area is 164 Å². The summed E-state index contributed by atoms with van der Waals surface area (Å²) in [6, 6.07) is 10.3. The van der Waals surface area contributed by atoms with Gasteiger partial charge in [-0.05, 0) is 49.6 Å². The van der Waals surface area contributed by atoms with Crippen LogP contribution in [0.4, 0.5) is 0 Å². The molecule has 1 saturated heterocycles. The van der Waals surface area contributed by atoms with Crippen molar-refractivity contribution in [3.8, 4) is 0 Å². The standard InChI is InChI=1S/C19H22ClN3O3S/c1-14-5-6-17(12-18(14)20)27(25,26)23-10-7-15(8-11-23)19(24)22-13-16-4-2-3-9-21-16/h2-6,9,12,15H,7-8,10-11,13H2,1H3,(H,22,24). The number of nitrogens with one attached hydrogen (secondary N) is 1. The molecule has 1 aromatic heterocycles. The van der Waals surface area contributed by atoms with Crippen LogP contribution in [0.25, 0.3) is 0 Å². The molecule has 2 heterocycles. The van der Waals surface area contributed by atoms with Crippen LogP contribution in [-0.2, 0) is 21.4 Å². The second-order valence-electron chi connectivity index (χ2n) is 6.63. The molecule has 2 aromatic rings. The molecule has 0 aliphatic carbocycles. The first-order valence-electron chi connectivity index (χ1n) is 8.82. The summed E-state index contributed by atoms with van der Waals surface area (Å²) < 4.78 is 27.0. The summed E-state index contributed by atoms with van der Waals surface area (Å²) in [4.78, 5) is 16.7. The summed E-state index contributed by atoms with van der Waals surface area (Å²) in [6.45, 7) is 2.83. The molecule has 0 radical (unpaired) electrons. The largest absolute Gasteiger partial charge is 0.350 e. The summed E-state index contributed by atoms with van der Waals surface area (Å²) >= 11 is 6.07. The van der Waals surface area contributed by atoms with E-state index in [1.165, 1.54) is 10.4 Å². The number of benzene rings is 1. The third kappa shape index (κ3) is 4.66. The minimum absolute atomic E-state index is 0.0592. The van der Waals surface area contributed by atoms with Gasteiger partial charge in [-0.2, -0.15) is 4.31 Å². The lowest BCUT2D eigenvalue weighted by Gasteiger charge is -2.30. The van der Waals surface area contributed by atoms with Crippen LogP contribution in [0.15, 0.2) is 47.5 Å². The summed E-state index contributed by atoms with van der Waals surface area (Å²) in [5.74, 6) is -0.252. The fourth-order valence-electron chi connectivity index (χ4n) is 3.07. The van der Waals surface area contributed by atoms with Crippen molar-refractivity contribution in [3.05, 3.63) is 58.9 Å². The number of aryl methyl sites for hydroxylation is 1. The highest BCUT2D eigenvalue weighted by atomic mass is 35.5. The maximum atomic E-state index is 12.8. The SMILES string of the molecule is Cc1ccc(S(=O)(=O)N2CCC(C(=O)NCc3ccccn3)CC2)cc1Cl. The molecule has 1 aliphatic rings. The molecular formula is C19H22ClN3O3S. The van der Waals surface area contributed by atoms with Gasteiger partial charge in [0.15, 0.2) is 0 Å². The molecule has 0 atom stereocenters. The zero-order valence-corrected chi connectivity index (χ0v) is 16.6. The maximum Gasteiger partial charge on any atom is 0.243 e. The number of halogens is 1. The number of aromatic nitrogens is 1. The topological polar surface area (TPSA) is 79.4 Å². The second-order valence-corrected chi connectivity index (χ2v) is 8.97. The Morgan fingerprint density at radius 3 is 2.63 bits per heavy atom. The zero-order valence-electron chi connectivity index (χ0n) is 15.1. The smallest absolute Gasteiger partial charge is 0.243 e. The second kappa shape index (κ2) is 8.37. The monoisotopic (exact) mass is 407 g/mol. The van der Waals surface area contributed by atoms with Gasteiger partial charge in [0.2, 0.25) is 15.9 Å². The number of carbonyl (C=O) groups excluding carboxylic acids is 1. The lowest BCUT2D eigenvalue weighted by atomic mass is 9.97. The molecule has 1 aromatic carbocycles. The van der Waals surface area contributed by atoms with Crippen LogP contribution in [0.5, 0.6) is 0 Å². The number of nitrogens with zero attached hydrogens (tertiary/aromatic N) is 2. The van der Waals surface area contributed by atoms with E-state index in [0.717, 1.165) is 11.3 Å². The third-order valence-electron chi connectivity index (χ3n) is 4.78. The van der Waals surface area contributed by atoms with Crippen LogP contribution in [0.3, 0.4) is 0 Å². The Morgan fingerprint density at radius 2 is 2.00 bits per heavy atom. The Balaban J connectivity index is 1.57. The van der Waals surface area contributed by atoms with E-state index in [4.69, 9.17) is 11.6 Å². The molecule has 1 amide bonds. The number of pyridine rings is 1. The van der Waals surface area contributed by atoms with Crippen molar-refractivity contribution < 1.29 is 13.2 Å². The van der Waals surface area contributed by atoms with Gasteiger partial charge in [-0.1, -0.05) is 23.7 Å². The molecule has 8 heteroatoms. The number of rotatable bonds is 5. The lowest BCUT2D eigenvalue weighted by Crippen LogP contribution is -2.42. The van der Waals surface area contributed by atoms with Crippen LogP contribution < -0.4 is 5.32 Å². The van der Waals surface area contributed by atoms with Crippen molar-refractivity contribution in [1.29, 1.82) is 0 Å². The van der Waals surface area contributed by atoms with E-state index >= 15 is 0 Å². The summed E-state index contributed by atoms with van der Waals surface area (Å²) in [7, 11) is -3.60. The van der Waals surface area contributed by atoms with Gasteiger partial charge in [-0.3, -0.25) is 9.78 Å². The van der Waals surface area contributed by atoms with E-state index in [1.54, 1.807) is 18.3 Å². The average molecular weight is 408 g/mol. The minimum Gasteiger partial charge on any atom is -0.350 e. The van der Waals surface area contributed by atoms with E-state index in [9.17, 15) is 13.2 Å². The van der Waals surface area contributed by atoms with Crippen molar-refractivity contribution in [1.82, 2.24) is 14.6 Å². The number of hydrogen-bond donors (Lipinski definition) is 1. The molecule has 144 valence electrons. The summed E-state index contributed by atoms with van der Waals surface area (Å²) in [5, 5.41) is 3.31. The van der Waals surface area contributed by atoms with E-state index in [-0.39, 0.29) is 16.7 Å². The normalized spacial score (nSPS) is 16.2. The Bertz CT molecular complexity index is 911. The van der Waals surface area contributed by atoms with Gasteiger partial charge in [0.25, 0.3) is 0 Å². The molecule has 1 fully saturated rings. The number of sulfonamides is 1. The van der Waals surface area contributed by atoms with Gasteiger partial charge in [-0.25, -0.2) is 8.42 Å². The van der Waals surface area contributed by atoms with Crippen LogP contribution in [-0.4, -0.2) is 36.7 Å². The molecule has 0 unspecified atom stereocenters. The Hall–Kier alpha value is -1.96. The first-order valence-corrected chi connectivity index (χ1v) is 10.6. The molecule has 1 N–H and O–H groups in total. The zero-order chi connectivity index (χ0) is 19.4. The molecule has 0 saturated carbocycles. The lowest BCUT2D eigenvalue weighted by molar-refractivity contribution is -0.126. The molecule has 3 rings (SSSR count). The van der Waals surface area contributed by atoms with Crippen LogP contribution in [0, 0.1) is 12.8 Å². The van der Waals surface area contributed by atoms with Crippen LogP contribution in [0.2, 0.25) is 5.02 Å². The van der Waals surface area contributed by atoms with Crippen molar-refractivity contribution in [2.75, 3.05) is 13.1 Å². The molecule has 6 nitrogen and oxygen atoms in total. The van der Waals surface area contributed by atoms with Gasteiger partial charge in [0.05, 0.1) is 17.1 Å². The number of hydrogen-bond acceptors (Lipinski definition) is 4. The van der Waals surface area contributed by atoms with Crippen molar-refractivity contribution in [2.45, 2.75) is 31.2 Å². The highest BCUT2D eigenvalue weighted by Crippen LogP contribution is 2.26. The quantitative estimate of drug-likeness (QED) is 0.826. The summed E-state index contributed by atoms with van der Waals surface area (Å²) in [5.41, 5.74) is 1.63. The molecule has 1 aliphatic heterocycles. The number of piperidine rings is 1. The van der Waals surface area contributed by atoms with Gasteiger partial charge in [-0.15, -0.1) is 0 Å². The Kier molecular flexibility index (Phi) is 6.14. The van der Waals surface area contributed by atoms with Gasteiger partial charge >= 0.3 is 0 Å². The van der Waals surface area contributed by atoms with Crippen molar-refractivity contribution in [2.24, 2.45) is 5.92 Å². The van der Waals surface area contributed by atoms with Gasteiger partial charge in [0, 0.05) is 30.2 Å². The van der Waals surface area contributed by atoms with E-state index < -0.39 is 10.0 Å².